The third-order valence-electron chi connectivity index (χ3n) is 2.19. The van der Waals surface area contributed by atoms with Crippen LogP contribution in [0.1, 0.15) is 18.9 Å². The second-order valence-electron chi connectivity index (χ2n) is 3.84. The monoisotopic (exact) mass is 313 g/mol. The fourth-order valence-electron chi connectivity index (χ4n) is 1.38. The first-order chi connectivity index (χ1) is 7.78. The Morgan fingerprint density at radius 2 is 2.00 bits per heavy atom. The standard InChI is InChI=1S/C11H12BrF4N/c1-7(5-11(14,15)16)17-6-8-4-9(12)2-3-10(8)13/h2-4,7,17H,5-6H2,1H3. The average molecular weight is 314 g/mol. The number of benzene rings is 1. The number of rotatable bonds is 4. The van der Waals surface area contributed by atoms with Gasteiger partial charge in [0.05, 0.1) is 6.42 Å². The van der Waals surface area contributed by atoms with E-state index in [1.54, 1.807) is 6.07 Å². The molecule has 0 bridgehead atoms. The van der Waals surface area contributed by atoms with Gasteiger partial charge in [0.1, 0.15) is 5.82 Å². The predicted molar refractivity (Wildman–Crippen MR) is 61.1 cm³/mol. The van der Waals surface area contributed by atoms with Gasteiger partial charge in [0.25, 0.3) is 0 Å². The molecule has 17 heavy (non-hydrogen) atoms. The zero-order valence-electron chi connectivity index (χ0n) is 9.11. The molecule has 0 amide bonds. The molecule has 1 aromatic rings. The Kier molecular flexibility index (Phi) is 4.94. The highest BCUT2D eigenvalue weighted by atomic mass is 79.9. The smallest absolute Gasteiger partial charge is 0.310 e. The molecule has 0 spiro atoms. The SMILES string of the molecule is CC(CC(F)(F)F)NCc1cc(Br)ccc1F. The molecule has 0 saturated carbocycles. The van der Waals surface area contributed by atoms with Crippen molar-refractivity contribution < 1.29 is 17.6 Å². The topological polar surface area (TPSA) is 12.0 Å². The summed E-state index contributed by atoms with van der Waals surface area (Å²) in [6.07, 6.45) is -5.13. The number of halogens is 5. The molecule has 1 unspecified atom stereocenters. The van der Waals surface area contributed by atoms with E-state index in [1.807, 2.05) is 0 Å². The molecule has 0 saturated heterocycles. The van der Waals surface area contributed by atoms with E-state index in [0.29, 0.717) is 10.0 Å². The van der Waals surface area contributed by atoms with E-state index in [1.165, 1.54) is 19.1 Å². The maximum Gasteiger partial charge on any atom is 0.390 e. The Labute approximate surface area is 105 Å². The summed E-state index contributed by atoms with van der Waals surface area (Å²) in [7, 11) is 0. The summed E-state index contributed by atoms with van der Waals surface area (Å²) < 4.78 is 50.1. The lowest BCUT2D eigenvalue weighted by Crippen LogP contribution is -2.30. The molecule has 0 fully saturated rings. The van der Waals surface area contributed by atoms with Gasteiger partial charge in [0.2, 0.25) is 0 Å². The molecule has 0 heterocycles. The third-order valence-corrected chi connectivity index (χ3v) is 2.68. The van der Waals surface area contributed by atoms with Gasteiger partial charge in [-0.3, -0.25) is 0 Å². The molecule has 1 atom stereocenters. The van der Waals surface area contributed by atoms with E-state index >= 15 is 0 Å². The van der Waals surface area contributed by atoms with Crippen LogP contribution in [0.25, 0.3) is 0 Å². The quantitative estimate of drug-likeness (QED) is 0.828. The molecule has 0 aliphatic rings. The van der Waals surface area contributed by atoms with Crippen molar-refractivity contribution in [3.8, 4) is 0 Å². The maximum atomic E-state index is 13.3. The molecule has 0 radical (unpaired) electrons. The fourth-order valence-corrected chi connectivity index (χ4v) is 1.79. The lowest BCUT2D eigenvalue weighted by atomic mass is 10.2. The summed E-state index contributed by atoms with van der Waals surface area (Å²) in [5, 5.41) is 2.64. The molecule has 1 aromatic carbocycles. The molecule has 0 aliphatic carbocycles. The largest absolute Gasteiger partial charge is 0.390 e. The summed E-state index contributed by atoms with van der Waals surface area (Å²) in [6.45, 7) is 1.49. The van der Waals surface area contributed by atoms with Crippen molar-refractivity contribution in [3.63, 3.8) is 0 Å². The van der Waals surface area contributed by atoms with E-state index < -0.39 is 24.5 Å². The summed E-state index contributed by atoms with van der Waals surface area (Å²) in [6, 6.07) is 3.62. The van der Waals surface area contributed by atoms with Crippen molar-refractivity contribution in [2.24, 2.45) is 0 Å². The predicted octanol–water partition coefficient (Wildman–Crippen LogP) is 4.02. The third kappa shape index (κ3) is 5.50. The van der Waals surface area contributed by atoms with Crippen LogP contribution in [0.2, 0.25) is 0 Å². The normalized spacial score (nSPS) is 13.8. The summed E-state index contributed by atoms with van der Waals surface area (Å²) in [5.41, 5.74) is 0.341. The zero-order chi connectivity index (χ0) is 13.1. The van der Waals surface area contributed by atoms with Crippen LogP contribution in [-0.4, -0.2) is 12.2 Å². The molecule has 96 valence electrons. The highest BCUT2D eigenvalue weighted by molar-refractivity contribution is 9.10. The second kappa shape index (κ2) is 5.82. The van der Waals surface area contributed by atoms with Gasteiger partial charge in [-0.2, -0.15) is 13.2 Å². The van der Waals surface area contributed by atoms with E-state index in [9.17, 15) is 17.6 Å². The van der Waals surface area contributed by atoms with Crippen LogP contribution in [0.15, 0.2) is 22.7 Å². The first-order valence-corrected chi connectivity index (χ1v) is 5.81. The highest BCUT2D eigenvalue weighted by Gasteiger charge is 2.29. The minimum atomic E-state index is -4.21. The van der Waals surface area contributed by atoms with Gasteiger partial charge >= 0.3 is 6.18 Å². The highest BCUT2D eigenvalue weighted by Crippen LogP contribution is 2.22. The minimum absolute atomic E-state index is 0.0719. The Bertz CT molecular complexity index is 378. The summed E-state index contributed by atoms with van der Waals surface area (Å²) >= 11 is 3.18. The van der Waals surface area contributed by atoms with Crippen molar-refractivity contribution in [2.75, 3.05) is 0 Å². The van der Waals surface area contributed by atoms with E-state index in [2.05, 4.69) is 21.2 Å². The van der Waals surface area contributed by atoms with Crippen LogP contribution in [0.5, 0.6) is 0 Å². The molecular weight excluding hydrogens is 302 g/mol. The molecule has 0 aliphatic heterocycles. The minimum Gasteiger partial charge on any atom is -0.310 e. The lowest BCUT2D eigenvalue weighted by Gasteiger charge is -2.16. The van der Waals surface area contributed by atoms with Crippen molar-refractivity contribution in [1.29, 1.82) is 0 Å². The van der Waals surface area contributed by atoms with E-state index in [0.717, 1.165) is 0 Å². The van der Waals surface area contributed by atoms with E-state index in [-0.39, 0.29) is 6.54 Å². The number of hydrogen-bond acceptors (Lipinski definition) is 1. The van der Waals surface area contributed by atoms with Gasteiger partial charge in [-0.1, -0.05) is 15.9 Å². The first kappa shape index (κ1) is 14.4. The summed E-state index contributed by atoms with van der Waals surface area (Å²) in [5.74, 6) is -0.431. The van der Waals surface area contributed by atoms with Crippen LogP contribution in [-0.2, 0) is 6.54 Å². The summed E-state index contributed by atoms with van der Waals surface area (Å²) in [4.78, 5) is 0. The van der Waals surface area contributed by atoms with Crippen LogP contribution < -0.4 is 5.32 Å². The van der Waals surface area contributed by atoms with Crippen molar-refractivity contribution in [1.82, 2.24) is 5.32 Å². The Morgan fingerprint density at radius 3 is 2.59 bits per heavy atom. The number of nitrogens with one attached hydrogen (secondary N) is 1. The van der Waals surface area contributed by atoms with Gasteiger partial charge in [0, 0.05) is 22.6 Å². The van der Waals surface area contributed by atoms with Gasteiger partial charge in [0.15, 0.2) is 0 Å². The molecule has 1 N–H and O–H groups in total. The second-order valence-corrected chi connectivity index (χ2v) is 4.75. The van der Waals surface area contributed by atoms with Gasteiger partial charge in [-0.15, -0.1) is 0 Å². The number of hydrogen-bond donors (Lipinski definition) is 1. The zero-order valence-corrected chi connectivity index (χ0v) is 10.7. The maximum absolute atomic E-state index is 13.3. The molecule has 1 nitrogen and oxygen atoms in total. The number of alkyl halides is 3. The Balaban J connectivity index is 2.53. The van der Waals surface area contributed by atoms with Crippen molar-refractivity contribution in [3.05, 3.63) is 34.1 Å². The lowest BCUT2D eigenvalue weighted by molar-refractivity contribution is -0.139. The van der Waals surface area contributed by atoms with Crippen LogP contribution in [0.4, 0.5) is 17.6 Å². The Morgan fingerprint density at radius 1 is 1.35 bits per heavy atom. The van der Waals surface area contributed by atoms with Gasteiger partial charge < -0.3 is 5.32 Å². The molecular formula is C11H12BrF4N. The Hall–Kier alpha value is -0.620. The van der Waals surface area contributed by atoms with Gasteiger partial charge in [-0.05, 0) is 25.1 Å². The molecule has 1 rings (SSSR count). The van der Waals surface area contributed by atoms with Crippen LogP contribution >= 0.6 is 15.9 Å². The van der Waals surface area contributed by atoms with E-state index in [4.69, 9.17) is 0 Å². The molecule has 6 heteroatoms. The van der Waals surface area contributed by atoms with Crippen molar-refractivity contribution in [2.45, 2.75) is 32.1 Å². The van der Waals surface area contributed by atoms with Crippen molar-refractivity contribution >= 4 is 15.9 Å². The first-order valence-electron chi connectivity index (χ1n) is 5.02. The average Bonchev–Trinajstić information content (AvgIpc) is 2.17. The van der Waals surface area contributed by atoms with Crippen LogP contribution in [0.3, 0.4) is 0 Å². The van der Waals surface area contributed by atoms with Crippen LogP contribution in [0, 0.1) is 5.82 Å². The molecule has 0 aromatic heterocycles. The fraction of sp³-hybridized carbons (Fsp3) is 0.455. The van der Waals surface area contributed by atoms with Gasteiger partial charge in [-0.25, -0.2) is 4.39 Å².